The third-order valence-electron chi connectivity index (χ3n) is 9.70. The van der Waals surface area contributed by atoms with Crippen molar-refractivity contribution >= 4 is 5.97 Å². The van der Waals surface area contributed by atoms with Gasteiger partial charge in [-0.1, -0.05) is 44.5 Å². The van der Waals surface area contributed by atoms with E-state index in [1.54, 1.807) is 12.1 Å². The minimum atomic E-state index is -0.764. The zero-order valence-corrected chi connectivity index (χ0v) is 25.6. The molecule has 2 aliphatic rings. The van der Waals surface area contributed by atoms with Crippen LogP contribution in [0.2, 0.25) is 0 Å². The average Bonchev–Trinajstić information content (AvgIpc) is 3.61. The van der Waals surface area contributed by atoms with Crippen LogP contribution in [0, 0.1) is 29.0 Å². The van der Waals surface area contributed by atoms with Gasteiger partial charge < -0.3 is 10.0 Å². The van der Waals surface area contributed by atoms with Crippen molar-refractivity contribution in [2.75, 3.05) is 32.7 Å². The second-order valence-electron chi connectivity index (χ2n) is 12.5. The van der Waals surface area contributed by atoms with Crippen LogP contribution in [-0.4, -0.2) is 69.4 Å². The van der Waals surface area contributed by atoms with Gasteiger partial charge in [-0.2, -0.15) is 10.4 Å². The standard InChI is InChI=1S/C35H44FN5O2/c1-4-24(3)34(35(42)43)40-22-29(32(23-40)28-7-6-8-30(36)18-28)21-39-15-13-27(14-16-39)33-19-31(38-41(33)5-2)17-25-9-11-26(20-37)12-10-25/h6-12,18-19,24,27,29,32,34H,4-5,13-17,21-23H2,1-3H3,(H,42,43)/t24-,29-,32+,34+/m0/s1. The predicted molar refractivity (Wildman–Crippen MR) is 165 cm³/mol. The van der Waals surface area contributed by atoms with Crippen molar-refractivity contribution in [3.05, 3.63) is 88.5 Å². The van der Waals surface area contributed by atoms with Crippen LogP contribution in [0.4, 0.5) is 4.39 Å². The number of hydrogen-bond donors (Lipinski definition) is 1. The van der Waals surface area contributed by atoms with Crippen molar-refractivity contribution in [3.8, 4) is 6.07 Å². The SMILES string of the molecule is CC[C@H](C)[C@H](C(=O)O)N1C[C@H](CN2CCC(c3cc(Cc4ccc(C#N)cc4)nn3CC)CC2)[C@@H](c2cccc(F)c2)C1. The summed E-state index contributed by atoms with van der Waals surface area (Å²) in [6.45, 7) is 11.2. The predicted octanol–water partition coefficient (Wildman–Crippen LogP) is 5.90. The van der Waals surface area contributed by atoms with Gasteiger partial charge in [0.15, 0.2) is 0 Å². The third-order valence-corrected chi connectivity index (χ3v) is 9.70. The van der Waals surface area contributed by atoms with E-state index in [0.29, 0.717) is 24.6 Å². The quantitative estimate of drug-likeness (QED) is 0.302. The summed E-state index contributed by atoms with van der Waals surface area (Å²) in [4.78, 5) is 17.0. The number of hydrogen-bond acceptors (Lipinski definition) is 5. The van der Waals surface area contributed by atoms with Gasteiger partial charge in [-0.15, -0.1) is 0 Å². The van der Waals surface area contributed by atoms with Gasteiger partial charge in [0.1, 0.15) is 11.9 Å². The highest BCUT2D eigenvalue weighted by molar-refractivity contribution is 5.74. The molecule has 3 heterocycles. The van der Waals surface area contributed by atoms with Crippen LogP contribution in [0.5, 0.6) is 0 Å². The van der Waals surface area contributed by atoms with Crippen molar-refractivity contribution in [1.82, 2.24) is 19.6 Å². The summed E-state index contributed by atoms with van der Waals surface area (Å²) in [5.41, 5.74) is 5.14. The molecule has 0 unspecified atom stereocenters. The molecule has 3 aromatic rings. The molecule has 8 heteroatoms. The van der Waals surface area contributed by atoms with Gasteiger partial charge in [0.05, 0.1) is 17.3 Å². The van der Waals surface area contributed by atoms with Gasteiger partial charge in [0, 0.05) is 50.1 Å². The van der Waals surface area contributed by atoms with E-state index in [1.807, 2.05) is 44.2 Å². The number of aromatic nitrogens is 2. The molecule has 0 radical (unpaired) electrons. The van der Waals surface area contributed by atoms with Crippen molar-refractivity contribution in [2.45, 2.75) is 70.9 Å². The summed E-state index contributed by atoms with van der Waals surface area (Å²) in [5, 5.41) is 24.1. The van der Waals surface area contributed by atoms with E-state index in [-0.39, 0.29) is 23.6 Å². The van der Waals surface area contributed by atoms with E-state index in [2.05, 4.69) is 33.5 Å². The number of rotatable bonds is 11. The topological polar surface area (TPSA) is 85.4 Å². The molecule has 43 heavy (non-hydrogen) atoms. The molecule has 2 saturated heterocycles. The molecule has 4 atom stereocenters. The Kier molecular flexibility index (Phi) is 9.94. The number of carbonyl (C=O) groups is 1. The first-order valence-corrected chi connectivity index (χ1v) is 15.8. The van der Waals surface area contributed by atoms with E-state index >= 15 is 0 Å². The summed E-state index contributed by atoms with van der Waals surface area (Å²) >= 11 is 0. The maximum atomic E-state index is 14.3. The lowest BCUT2D eigenvalue weighted by Crippen LogP contribution is -2.45. The Labute approximate surface area is 254 Å². The van der Waals surface area contributed by atoms with Gasteiger partial charge >= 0.3 is 5.97 Å². The molecule has 2 aromatic carbocycles. The first-order chi connectivity index (χ1) is 20.8. The first kappa shape index (κ1) is 30.9. The molecular formula is C35H44FN5O2. The highest BCUT2D eigenvalue weighted by atomic mass is 19.1. The zero-order valence-electron chi connectivity index (χ0n) is 25.6. The monoisotopic (exact) mass is 585 g/mol. The number of likely N-dealkylation sites (tertiary alicyclic amines) is 2. The first-order valence-electron chi connectivity index (χ1n) is 15.8. The minimum absolute atomic E-state index is 0.0466. The molecule has 2 aliphatic heterocycles. The largest absolute Gasteiger partial charge is 0.480 e. The fraction of sp³-hybridized carbons (Fsp3) is 0.514. The molecule has 0 aliphatic carbocycles. The normalized spacial score (nSPS) is 21.5. The number of carboxylic acids is 1. The summed E-state index contributed by atoms with van der Waals surface area (Å²) < 4.78 is 16.4. The van der Waals surface area contributed by atoms with Crippen LogP contribution in [-0.2, 0) is 17.8 Å². The van der Waals surface area contributed by atoms with Gasteiger partial charge in [0.25, 0.3) is 0 Å². The fourth-order valence-corrected chi connectivity index (χ4v) is 7.22. The molecule has 0 bridgehead atoms. The molecule has 1 aromatic heterocycles. The highest BCUT2D eigenvalue weighted by Gasteiger charge is 2.42. The second-order valence-corrected chi connectivity index (χ2v) is 12.5. The van der Waals surface area contributed by atoms with E-state index in [0.717, 1.165) is 68.7 Å². The number of piperidine rings is 1. The Hall–Kier alpha value is -3.54. The fourth-order valence-electron chi connectivity index (χ4n) is 7.22. The van der Waals surface area contributed by atoms with Crippen LogP contribution < -0.4 is 0 Å². The summed E-state index contributed by atoms with van der Waals surface area (Å²) in [7, 11) is 0. The summed E-state index contributed by atoms with van der Waals surface area (Å²) in [6.07, 6.45) is 3.65. The lowest BCUT2D eigenvalue weighted by molar-refractivity contribution is -0.145. The van der Waals surface area contributed by atoms with Crippen molar-refractivity contribution in [2.24, 2.45) is 11.8 Å². The number of nitriles is 1. The molecule has 0 spiro atoms. The number of benzene rings is 2. The number of nitrogens with zero attached hydrogens (tertiary/aromatic N) is 5. The Morgan fingerprint density at radius 3 is 2.49 bits per heavy atom. The van der Waals surface area contributed by atoms with Crippen molar-refractivity contribution in [1.29, 1.82) is 5.26 Å². The number of aliphatic carboxylic acids is 1. The summed E-state index contributed by atoms with van der Waals surface area (Å²) in [6, 6.07) is 18.5. The van der Waals surface area contributed by atoms with E-state index in [9.17, 15) is 14.3 Å². The van der Waals surface area contributed by atoms with Gasteiger partial charge in [-0.3, -0.25) is 14.4 Å². The van der Waals surface area contributed by atoms with Crippen LogP contribution in [0.25, 0.3) is 0 Å². The smallest absolute Gasteiger partial charge is 0.321 e. The molecule has 228 valence electrons. The van der Waals surface area contributed by atoms with E-state index in [4.69, 9.17) is 10.4 Å². The molecule has 7 nitrogen and oxygen atoms in total. The molecule has 5 rings (SSSR count). The van der Waals surface area contributed by atoms with Crippen LogP contribution in [0.1, 0.15) is 79.9 Å². The Morgan fingerprint density at radius 2 is 1.86 bits per heavy atom. The lowest BCUT2D eigenvalue weighted by Gasteiger charge is -2.35. The highest BCUT2D eigenvalue weighted by Crippen LogP contribution is 2.37. The molecule has 1 N–H and O–H groups in total. The van der Waals surface area contributed by atoms with Crippen LogP contribution in [0.15, 0.2) is 54.6 Å². The third kappa shape index (κ3) is 7.17. The minimum Gasteiger partial charge on any atom is -0.480 e. The van der Waals surface area contributed by atoms with Crippen molar-refractivity contribution in [3.63, 3.8) is 0 Å². The molecule has 2 fully saturated rings. The van der Waals surface area contributed by atoms with Crippen LogP contribution >= 0.6 is 0 Å². The Balaban J connectivity index is 1.26. The Bertz CT molecular complexity index is 1420. The number of carboxylic acid groups (broad SMARTS) is 1. The second kappa shape index (κ2) is 13.8. The van der Waals surface area contributed by atoms with E-state index < -0.39 is 12.0 Å². The molecule has 0 amide bonds. The van der Waals surface area contributed by atoms with Gasteiger partial charge in [-0.05, 0) is 86.1 Å². The van der Waals surface area contributed by atoms with Gasteiger partial charge in [0.2, 0.25) is 0 Å². The van der Waals surface area contributed by atoms with Crippen molar-refractivity contribution < 1.29 is 14.3 Å². The van der Waals surface area contributed by atoms with E-state index in [1.165, 1.54) is 11.8 Å². The maximum absolute atomic E-state index is 14.3. The number of halogens is 1. The number of aryl methyl sites for hydroxylation is 1. The molecular weight excluding hydrogens is 541 g/mol. The zero-order chi connectivity index (χ0) is 30.5. The lowest BCUT2D eigenvalue weighted by atomic mass is 9.87. The van der Waals surface area contributed by atoms with Gasteiger partial charge in [-0.25, -0.2) is 4.39 Å². The average molecular weight is 586 g/mol. The Morgan fingerprint density at radius 1 is 1.12 bits per heavy atom. The summed E-state index contributed by atoms with van der Waals surface area (Å²) in [5.74, 6) is -0.169. The van der Waals surface area contributed by atoms with Crippen LogP contribution in [0.3, 0.4) is 0 Å². The molecule has 0 saturated carbocycles. The maximum Gasteiger partial charge on any atom is 0.321 e.